The minimum atomic E-state index is -3.04. The monoisotopic (exact) mass is 265 g/mol. The average molecular weight is 265 g/mol. The second kappa shape index (κ2) is 5.39. The van der Waals surface area contributed by atoms with E-state index in [4.69, 9.17) is 18.0 Å². The topological polar surface area (TPSA) is 66.6 Å². The standard InChI is InChI=1S/C9H19N3O2S2/c1-8(9(10)15)7-11-3-5-12(6-4-11)16(2,13)14/h8H,3-7H2,1-2H3,(H2,10,15). The van der Waals surface area contributed by atoms with Crippen molar-refractivity contribution in [3.05, 3.63) is 0 Å². The van der Waals surface area contributed by atoms with Gasteiger partial charge in [0.15, 0.2) is 0 Å². The van der Waals surface area contributed by atoms with E-state index in [1.165, 1.54) is 10.6 Å². The maximum Gasteiger partial charge on any atom is 0.211 e. The Balaban J connectivity index is 2.41. The van der Waals surface area contributed by atoms with Gasteiger partial charge in [0.1, 0.15) is 0 Å². The highest BCUT2D eigenvalue weighted by Crippen LogP contribution is 2.08. The predicted molar refractivity (Wildman–Crippen MR) is 68.8 cm³/mol. The van der Waals surface area contributed by atoms with Crippen LogP contribution >= 0.6 is 12.2 Å². The maximum absolute atomic E-state index is 11.3. The van der Waals surface area contributed by atoms with E-state index in [0.29, 0.717) is 18.1 Å². The molecule has 1 atom stereocenters. The second-order valence-corrected chi connectivity index (χ2v) is 6.72. The molecule has 0 spiro atoms. The van der Waals surface area contributed by atoms with Crippen molar-refractivity contribution in [3.63, 3.8) is 0 Å². The van der Waals surface area contributed by atoms with Crippen LogP contribution in [-0.4, -0.2) is 61.6 Å². The van der Waals surface area contributed by atoms with Crippen molar-refractivity contribution in [3.8, 4) is 0 Å². The molecule has 0 aromatic rings. The normalized spacial score (nSPS) is 21.9. The van der Waals surface area contributed by atoms with Gasteiger partial charge in [0.05, 0.1) is 11.2 Å². The van der Waals surface area contributed by atoms with Gasteiger partial charge >= 0.3 is 0 Å². The molecule has 0 aromatic carbocycles. The molecule has 1 aliphatic heterocycles. The minimum Gasteiger partial charge on any atom is -0.393 e. The van der Waals surface area contributed by atoms with Gasteiger partial charge in [0.2, 0.25) is 10.0 Å². The molecule has 94 valence electrons. The van der Waals surface area contributed by atoms with Crippen molar-refractivity contribution in [2.45, 2.75) is 6.92 Å². The first-order chi connectivity index (χ1) is 7.30. The molecule has 1 saturated heterocycles. The summed E-state index contributed by atoms with van der Waals surface area (Å²) in [4.78, 5) is 2.72. The van der Waals surface area contributed by atoms with E-state index in [-0.39, 0.29) is 5.92 Å². The Kier molecular flexibility index (Phi) is 4.66. The molecule has 0 saturated carbocycles. The van der Waals surface area contributed by atoms with E-state index >= 15 is 0 Å². The van der Waals surface area contributed by atoms with Gasteiger partial charge in [0.25, 0.3) is 0 Å². The summed E-state index contributed by atoms with van der Waals surface area (Å²) in [5.41, 5.74) is 5.55. The zero-order valence-electron chi connectivity index (χ0n) is 9.72. The second-order valence-electron chi connectivity index (χ2n) is 4.27. The zero-order chi connectivity index (χ0) is 12.3. The van der Waals surface area contributed by atoms with Gasteiger partial charge < -0.3 is 10.6 Å². The third-order valence-electron chi connectivity index (χ3n) is 2.82. The van der Waals surface area contributed by atoms with Crippen LogP contribution in [0.15, 0.2) is 0 Å². The van der Waals surface area contributed by atoms with E-state index in [1.807, 2.05) is 6.92 Å². The molecule has 2 N–H and O–H groups in total. The molecule has 1 unspecified atom stereocenters. The lowest BCUT2D eigenvalue weighted by molar-refractivity contribution is 0.180. The number of nitrogens with two attached hydrogens (primary N) is 1. The number of piperazine rings is 1. The smallest absolute Gasteiger partial charge is 0.211 e. The van der Waals surface area contributed by atoms with Crippen LogP contribution in [0.5, 0.6) is 0 Å². The fourth-order valence-electron chi connectivity index (χ4n) is 1.72. The van der Waals surface area contributed by atoms with Crippen molar-refractivity contribution in [1.82, 2.24) is 9.21 Å². The predicted octanol–water partition coefficient (Wildman–Crippen LogP) is -0.514. The van der Waals surface area contributed by atoms with Gasteiger partial charge in [-0.3, -0.25) is 0 Å². The number of sulfonamides is 1. The highest BCUT2D eigenvalue weighted by molar-refractivity contribution is 7.88. The fourth-order valence-corrected chi connectivity index (χ4v) is 2.62. The fraction of sp³-hybridized carbons (Fsp3) is 0.889. The summed E-state index contributed by atoms with van der Waals surface area (Å²) < 4.78 is 24.1. The van der Waals surface area contributed by atoms with Gasteiger partial charge in [0, 0.05) is 38.6 Å². The largest absolute Gasteiger partial charge is 0.393 e. The Morgan fingerprint density at radius 2 is 1.88 bits per heavy atom. The van der Waals surface area contributed by atoms with Gasteiger partial charge in [-0.25, -0.2) is 8.42 Å². The van der Waals surface area contributed by atoms with E-state index in [1.54, 1.807) is 0 Å². The molecule has 1 fully saturated rings. The zero-order valence-corrected chi connectivity index (χ0v) is 11.4. The molecule has 5 nitrogen and oxygen atoms in total. The SMILES string of the molecule is CC(CN1CCN(S(C)(=O)=O)CC1)C(N)=S. The number of hydrogen-bond donors (Lipinski definition) is 1. The summed E-state index contributed by atoms with van der Waals surface area (Å²) >= 11 is 4.91. The quantitative estimate of drug-likeness (QED) is 0.693. The van der Waals surface area contributed by atoms with Gasteiger partial charge in [-0.15, -0.1) is 0 Å². The summed E-state index contributed by atoms with van der Waals surface area (Å²) in [5, 5.41) is 0. The average Bonchev–Trinajstić information content (AvgIpc) is 2.17. The third kappa shape index (κ3) is 3.97. The molecule has 0 aromatic heterocycles. The van der Waals surface area contributed by atoms with E-state index in [0.717, 1.165) is 19.6 Å². The Morgan fingerprint density at radius 3 is 2.25 bits per heavy atom. The van der Waals surface area contributed by atoms with Crippen molar-refractivity contribution in [2.24, 2.45) is 11.7 Å². The van der Waals surface area contributed by atoms with Crippen LogP contribution in [0.2, 0.25) is 0 Å². The summed E-state index contributed by atoms with van der Waals surface area (Å²) in [7, 11) is -3.04. The number of thiocarbonyl (C=S) groups is 1. The Labute approximate surface area is 103 Å². The van der Waals surface area contributed by atoms with Crippen LogP contribution in [0.25, 0.3) is 0 Å². The molecule has 1 heterocycles. The van der Waals surface area contributed by atoms with E-state index in [2.05, 4.69) is 4.90 Å². The molecule has 0 amide bonds. The van der Waals surface area contributed by atoms with Crippen LogP contribution in [-0.2, 0) is 10.0 Å². The lowest BCUT2D eigenvalue weighted by atomic mass is 10.1. The molecular formula is C9H19N3O2S2. The summed E-state index contributed by atoms with van der Waals surface area (Å²) in [6, 6.07) is 0. The van der Waals surface area contributed by atoms with Crippen LogP contribution < -0.4 is 5.73 Å². The summed E-state index contributed by atoms with van der Waals surface area (Å²) in [6.07, 6.45) is 1.25. The highest BCUT2D eigenvalue weighted by Gasteiger charge is 2.24. The summed E-state index contributed by atoms with van der Waals surface area (Å²) in [6.45, 7) is 5.42. The third-order valence-corrected chi connectivity index (χ3v) is 4.52. The molecule has 0 radical (unpaired) electrons. The molecular weight excluding hydrogens is 246 g/mol. The maximum atomic E-state index is 11.3. The first-order valence-electron chi connectivity index (χ1n) is 5.27. The first kappa shape index (κ1) is 13.8. The van der Waals surface area contributed by atoms with Crippen molar-refractivity contribution in [2.75, 3.05) is 39.0 Å². The highest BCUT2D eigenvalue weighted by atomic mass is 32.2. The lowest BCUT2D eigenvalue weighted by Gasteiger charge is -2.34. The lowest BCUT2D eigenvalue weighted by Crippen LogP contribution is -2.50. The summed E-state index contributed by atoms with van der Waals surface area (Å²) in [5.74, 6) is 0.180. The molecule has 0 aliphatic carbocycles. The Bertz CT molecular complexity index is 348. The van der Waals surface area contributed by atoms with Crippen molar-refractivity contribution in [1.29, 1.82) is 0 Å². The molecule has 7 heteroatoms. The Morgan fingerprint density at radius 1 is 1.38 bits per heavy atom. The molecule has 0 bridgehead atoms. The number of nitrogens with zero attached hydrogens (tertiary/aromatic N) is 2. The van der Waals surface area contributed by atoms with E-state index in [9.17, 15) is 8.42 Å². The van der Waals surface area contributed by atoms with Gasteiger partial charge in [-0.2, -0.15) is 4.31 Å². The Hall–Kier alpha value is -0.240. The minimum absolute atomic E-state index is 0.180. The van der Waals surface area contributed by atoms with Crippen molar-refractivity contribution >= 4 is 27.2 Å². The molecule has 1 aliphatic rings. The van der Waals surface area contributed by atoms with Crippen LogP contribution in [0.4, 0.5) is 0 Å². The van der Waals surface area contributed by atoms with Crippen LogP contribution in [0, 0.1) is 5.92 Å². The number of rotatable bonds is 4. The van der Waals surface area contributed by atoms with Gasteiger partial charge in [-0.05, 0) is 0 Å². The van der Waals surface area contributed by atoms with Crippen LogP contribution in [0.1, 0.15) is 6.92 Å². The van der Waals surface area contributed by atoms with E-state index < -0.39 is 10.0 Å². The first-order valence-corrected chi connectivity index (χ1v) is 7.53. The number of hydrogen-bond acceptors (Lipinski definition) is 4. The van der Waals surface area contributed by atoms with Gasteiger partial charge in [-0.1, -0.05) is 19.1 Å². The molecule has 16 heavy (non-hydrogen) atoms. The van der Waals surface area contributed by atoms with Crippen molar-refractivity contribution < 1.29 is 8.42 Å². The van der Waals surface area contributed by atoms with Crippen LogP contribution in [0.3, 0.4) is 0 Å². The molecule has 1 rings (SSSR count).